The lowest BCUT2D eigenvalue weighted by Crippen LogP contribution is -2.56. The molecule has 4 nitrogen and oxygen atoms in total. The van der Waals surface area contributed by atoms with Crippen molar-refractivity contribution >= 4 is 0 Å². The van der Waals surface area contributed by atoms with Crippen LogP contribution in [0, 0.1) is 0 Å². The summed E-state index contributed by atoms with van der Waals surface area (Å²) in [5.74, 6) is 0. The van der Waals surface area contributed by atoms with Gasteiger partial charge in [-0.1, -0.05) is 6.92 Å². The Hall–Kier alpha value is -1.00. The summed E-state index contributed by atoms with van der Waals surface area (Å²) in [5, 5.41) is 3.28. The summed E-state index contributed by atoms with van der Waals surface area (Å²) in [6, 6.07) is 0.682. The number of likely N-dealkylation sites (N-methyl/N-ethyl adjacent to an activating group) is 1. The van der Waals surface area contributed by atoms with Crippen LogP contribution in [0.25, 0.3) is 0 Å². The molecule has 1 aliphatic heterocycles. The van der Waals surface area contributed by atoms with Gasteiger partial charge in [0.15, 0.2) is 0 Å². The van der Waals surface area contributed by atoms with Gasteiger partial charge in [0.2, 0.25) is 0 Å². The van der Waals surface area contributed by atoms with Crippen molar-refractivity contribution < 1.29 is 0 Å². The lowest BCUT2D eigenvalue weighted by Gasteiger charge is -2.37. The van der Waals surface area contributed by atoms with Gasteiger partial charge in [0.05, 0.1) is 5.69 Å². The van der Waals surface area contributed by atoms with E-state index >= 15 is 0 Å². The van der Waals surface area contributed by atoms with Crippen LogP contribution in [0.2, 0.25) is 0 Å². The third-order valence-corrected chi connectivity index (χ3v) is 2.66. The zero-order chi connectivity index (χ0) is 9.80. The number of nitrogens with zero attached hydrogens (tertiary/aromatic N) is 3. The summed E-state index contributed by atoms with van der Waals surface area (Å²) in [6.45, 7) is 6.39. The van der Waals surface area contributed by atoms with Crippen molar-refractivity contribution in [3.05, 3.63) is 24.3 Å². The molecule has 1 saturated heterocycles. The molecule has 4 heteroatoms. The lowest BCUT2D eigenvalue weighted by molar-refractivity contribution is 0.143. The first-order valence-corrected chi connectivity index (χ1v) is 5.10. The molecule has 2 rings (SSSR count). The van der Waals surface area contributed by atoms with Gasteiger partial charge in [0, 0.05) is 44.3 Å². The van der Waals surface area contributed by atoms with Gasteiger partial charge in [-0.25, -0.2) is 0 Å². The molecule has 14 heavy (non-hydrogen) atoms. The van der Waals surface area contributed by atoms with E-state index in [2.05, 4.69) is 27.1 Å². The Labute approximate surface area is 84.4 Å². The van der Waals surface area contributed by atoms with Gasteiger partial charge in [-0.15, -0.1) is 0 Å². The van der Waals surface area contributed by atoms with E-state index in [9.17, 15) is 0 Å². The van der Waals surface area contributed by atoms with E-state index in [-0.39, 0.29) is 0 Å². The fourth-order valence-corrected chi connectivity index (χ4v) is 1.65. The molecule has 0 aromatic carbocycles. The van der Waals surface area contributed by atoms with Crippen LogP contribution < -0.4 is 5.32 Å². The second-order valence-electron chi connectivity index (χ2n) is 3.57. The normalized spacial score (nSPS) is 17.0. The first-order chi connectivity index (χ1) is 6.90. The molecule has 0 radical (unpaired) electrons. The van der Waals surface area contributed by atoms with Gasteiger partial charge in [-0.05, 0) is 6.54 Å². The van der Waals surface area contributed by atoms with Crippen LogP contribution >= 0.6 is 0 Å². The van der Waals surface area contributed by atoms with Crippen molar-refractivity contribution in [1.82, 2.24) is 20.2 Å². The third kappa shape index (κ3) is 2.08. The van der Waals surface area contributed by atoms with E-state index in [1.54, 1.807) is 12.4 Å². The van der Waals surface area contributed by atoms with Crippen LogP contribution in [-0.2, 0) is 6.54 Å². The van der Waals surface area contributed by atoms with Gasteiger partial charge in [0.25, 0.3) is 0 Å². The number of nitrogens with one attached hydrogen (secondary N) is 1. The Kier molecular flexibility index (Phi) is 3.06. The van der Waals surface area contributed by atoms with Crippen LogP contribution in [0.1, 0.15) is 12.6 Å². The molecule has 1 aliphatic rings. The average Bonchev–Trinajstić information content (AvgIpc) is 2.15. The van der Waals surface area contributed by atoms with Gasteiger partial charge in [-0.3, -0.25) is 14.9 Å². The quantitative estimate of drug-likeness (QED) is 0.743. The van der Waals surface area contributed by atoms with E-state index in [1.165, 1.54) is 0 Å². The topological polar surface area (TPSA) is 41.1 Å². The van der Waals surface area contributed by atoms with Crippen molar-refractivity contribution in [2.45, 2.75) is 19.5 Å². The highest BCUT2D eigenvalue weighted by Gasteiger charge is 2.23. The van der Waals surface area contributed by atoms with Crippen LogP contribution in [0.4, 0.5) is 0 Å². The summed E-state index contributed by atoms with van der Waals surface area (Å²) in [7, 11) is 0. The molecule has 0 atom stereocenters. The highest BCUT2D eigenvalue weighted by molar-refractivity contribution is 4.96. The van der Waals surface area contributed by atoms with Gasteiger partial charge >= 0.3 is 0 Å². The van der Waals surface area contributed by atoms with Gasteiger partial charge < -0.3 is 5.32 Å². The minimum absolute atomic E-state index is 0.682. The maximum atomic E-state index is 4.28. The third-order valence-electron chi connectivity index (χ3n) is 2.66. The van der Waals surface area contributed by atoms with Crippen LogP contribution in [-0.4, -0.2) is 40.5 Å². The molecule has 1 aromatic heterocycles. The number of rotatable bonds is 4. The van der Waals surface area contributed by atoms with E-state index < -0.39 is 0 Å². The predicted molar refractivity (Wildman–Crippen MR) is 54.8 cm³/mol. The van der Waals surface area contributed by atoms with E-state index in [4.69, 9.17) is 0 Å². The van der Waals surface area contributed by atoms with E-state index in [0.717, 1.165) is 31.9 Å². The molecule has 1 N–H and O–H groups in total. The SMILES string of the molecule is CCN(Cc1cnccn1)C1CNC1. The Balaban J connectivity index is 1.94. The molecule has 1 aromatic rings. The van der Waals surface area contributed by atoms with Crippen molar-refractivity contribution in [3.63, 3.8) is 0 Å². The number of hydrogen-bond donors (Lipinski definition) is 1. The molecule has 0 spiro atoms. The average molecular weight is 192 g/mol. The van der Waals surface area contributed by atoms with Crippen LogP contribution in [0.3, 0.4) is 0 Å². The lowest BCUT2D eigenvalue weighted by atomic mass is 10.1. The standard InChI is InChI=1S/C10H16N4/c1-2-14(10-6-12-7-10)8-9-5-11-3-4-13-9/h3-5,10,12H,2,6-8H2,1H3. The Morgan fingerprint density at radius 2 is 2.36 bits per heavy atom. The van der Waals surface area contributed by atoms with E-state index in [0.29, 0.717) is 6.04 Å². The maximum absolute atomic E-state index is 4.28. The molecule has 76 valence electrons. The zero-order valence-corrected chi connectivity index (χ0v) is 8.48. The highest BCUT2D eigenvalue weighted by Crippen LogP contribution is 2.08. The number of hydrogen-bond acceptors (Lipinski definition) is 4. The summed E-state index contributed by atoms with van der Waals surface area (Å²) >= 11 is 0. The number of aromatic nitrogens is 2. The second-order valence-corrected chi connectivity index (χ2v) is 3.57. The second kappa shape index (κ2) is 4.48. The monoisotopic (exact) mass is 192 g/mol. The Morgan fingerprint density at radius 1 is 1.50 bits per heavy atom. The van der Waals surface area contributed by atoms with E-state index in [1.807, 2.05) is 6.20 Å². The molecule has 0 unspecified atom stereocenters. The zero-order valence-electron chi connectivity index (χ0n) is 8.48. The molecule has 0 aliphatic carbocycles. The first-order valence-electron chi connectivity index (χ1n) is 5.10. The minimum Gasteiger partial charge on any atom is -0.314 e. The van der Waals surface area contributed by atoms with Crippen LogP contribution in [0.15, 0.2) is 18.6 Å². The van der Waals surface area contributed by atoms with Crippen molar-refractivity contribution in [3.8, 4) is 0 Å². The Morgan fingerprint density at radius 3 is 2.86 bits per heavy atom. The summed E-state index contributed by atoms with van der Waals surface area (Å²) in [6.07, 6.45) is 5.31. The van der Waals surface area contributed by atoms with Crippen molar-refractivity contribution in [1.29, 1.82) is 0 Å². The minimum atomic E-state index is 0.682. The first kappa shape index (κ1) is 9.55. The Bertz CT molecular complexity index is 271. The van der Waals surface area contributed by atoms with Crippen LogP contribution in [0.5, 0.6) is 0 Å². The smallest absolute Gasteiger partial charge is 0.0726 e. The molecular weight excluding hydrogens is 176 g/mol. The molecule has 0 saturated carbocycles. The molecule has 0 amide bonds. The largest absolute Gasteiger partial charge is 0.314 e. The van der Waals surface area contributed by atoms with Crippen molar-refractivity contribution in [2.75, 3.05) is 19.6 Å². The van der Waals surface area contributed by atoms with Gasteiger partial charge in [0.1, 0.15) is 0 Å². The summed E-state index contributed by atoms with van der Waals surface area (Å²) in [5.41, 5.74) is 1.06. The van der Waals surface area contributed by atoms with Gasteiger partial charge in [-0.2, -0.15) is 0 Å². The molecular formula is C10H16N4. The summed E-state index contributed by atoms with van der Waals surface area (Å²) in [4.78, 5) is 10.8. The molecule has 0 bridgehead atoms. The molecule has 2 heterocycles. The fourth-order valence-electron chi connectivity index (χ4n) is 1.65. The molecule has 1 fully saturated rings. The predicted octanol–water partition coefficient (Wildman–Crippen LogP) is 0.270. The fraction of sp³-hybridized carbons (Fsp3) is 0.600. The maximum Gasteiger partial charge on any atom is 0.0726 e. The highest BCUT2D eigenvalue weighted by atomic mass is 15.2. The van der Waals surface area contributed by atoms with Crippen molar-refractivity contribution in [2.24, 2.45) is 0 Å². The summed E-state index contributed by atoms with van der Waals surface area (Å²) < 4.78 is 0.